The van der Waals surface area contributed by atoms with E-state index < -0.39 is 17.6 Å². The van der Waals surface area contributed by atoms with Crippen LogP contribution in [0, 0.1) is 11.3 Å². The topological polar surface area (TPSA) is 84.9 Å². The van der Waals surface area contributed by atoms with Gasteiger partial charge in [-0.15, -0.1) is 0 Å². The van der Waals surface area contributed by atoms with Crippen molar-refractivity contribution < 1.29 is 37.3 Å². The summed E-state index contributed by atoms with van der Waals surface area (Å²) < 4.78 is 42.8. The Bertz CT molecular complexity index is 876. The Morgan fingerprint density at radius 2 is 1.88 bits per heavy atom. The number of aliphatic carboxylic acids is 1. The highest BCUT2D eigenvalue weighted by molar-refractivity contribution is 5.75. The SMILES string of the molecule is CC(C)(C)C(=O)OCOc1ccc2c(c1)[C@]13CCCC[C@@H]1[C@@H](C2)NCC3.O=C(O)C(F)(F)F. The molecule has 0 unspecified atom stereocenters. The van der Waals surface area contributed by atoms with Crippen LogP contribution in [0.15, 0.2) is 18.2 Å². The predicted molar refractivity (Wildman–Crippen MR) is 115 cm³/mol. The van der Waals surface area contributed by atoms with Gasteiger partial charge >= 0.3 is 18.1 Å². The van der Waals surface area contributed by atoms with Crippen LogP contribution in [-0.2, 0) is 26.2 Å². The number of rotatable bonds is 3. The molecular weight excluding hydrogens is 439 g/mol. The largest absolute Gasteiger partial charge is 0.490 e. The molecule has 33 heavy (non-hydrogen) atoms. The summed E-state index contributed by atoms with van der Waals surface area (Å²) in [5.41, 5.74) is 2.79. The minimum absolute atomic E-state index is 0.0184. The van der Waals surface area contributed by atoms with Crippen LogP contribution in [0.2, 0.25) is 0 Å². The number of nitrogens with one attached hydrogen (secondary N) is 1. The number of ether oxygens (including phenoxy) is 2. The van der Waals surface area contributed by atoms with E-state index in [1.165, 1.54) is 43.2 Å². The van der Waals surface area contributed by atoms with Crippen molar-refractivity contribution in [3.63, 3.8) is 0 Å². The van der Waals surface area contributed by atoms with Crippen LogP contribution < -0.4 is 10.1 Å². The molecule has 2 aliphatic carbocycles. The molecule has 1 saturated carbocycles. The Balaban J connectivity index is 0.000000383. The number of benzene rings is 1. The summed E-state index contributed by atoms with van der Waals surface area (Å²) in [6.07, 6.45) is 2.59. The summed E-state index contributed by atoms with van der Waals surface area (Å²) in [5, 5.41) is 10.9. The number of alkyl halides is 3. The molecule has 0 amide bonds. The maximum Gasteiger partial charge on any atom is 0.490 e. The quantitative estimate of drug-likeness (QED) is 0.496. The second-order valence-corrected chi connectivity index (χ2v) is 10.1. The number of carboxylic acids is 1. The number of hydrogen-bond acceptors (Lipinski definition) is 5. The van der Waals surface area contributed by atoms with Crippen LogP contribution in [0.3, 0.4) is 0 Å². The second-order valence-electron chi connectivity index (χ2n) is 10.1. The number of carbonyl (C=O) groups is 2. The lowest BCUT2D eigenvalue weighted by Crippen LogP contribution is -2.59. The van der Waals surface area contributed by atoms with Gasteiger partial charge in [0.1, 0.15) is 5.75 Å². The molecule has 6 nitrogen and oxygen atoms in total. The average Bonchev–Trinajstić information content (AvgIpc) is 2.73. The normalized spacial score (nSPS) is 26.1. The third kappa shape index (κ3) is 5.62. The average molecular weight is 472 g/mol. The van der Waals surface area contributed by atoms with E-state index in [-0.39, 0.29) is 12.8 Å². The molecule has 0 aromatic heterocycles. The monoisotopic (exact) mass is 471 g/mol. The smallest absolute Gasteiger partial charge is 0.475 e. The van der Waals surface area contributed by atoms with Crippen molar-refractivity contribution in [2.24, 2.45) is 11.3 Å². The predicted octanol–water partition coefficient (Wildman–Crippen LogP) is 4.59. The lowest BCUT2D eigenvalue weighted by Gasteiger charge is -2.56. The highest BCUT2D eigenvalue weighted by Gasteiger charge is 2.51. The van der Waals surface area contributed by atoms with Gasteiger partial charge in [0.15, 0.2) is 0 Å². The van der Waals surface area contributed by atoms with Crippen molar-refractivity contribution in [3.8, 4) is 5.75 Å². The molecule has 2 bridgehead atoms. The molecule has 1 aromatic carbocycles. The number of esters is 1. The van der Waals surface area contributed by atoms with Gasteiger partial charge in [-0.2, -0.15) is 13.2 Å². The van der Waals surface area contributed by atoms with Gasteiger partial charge < -0.3 is 19.9 Å². The fraction of sp³-hybridized carbons (Fsp3) is 0.667. The van der Waals surface area contributed by atoms with E-state index in [0.717, 1.165) is 24.6 Å². The van der Waals surface area contributed by atoms with E-state index in [0.29, 0.717) is 11.5 Å². The number of carbonyl (C=O) groups excluding carboxylic acids is 1. The third-order valence-corrected chi connectivity index (χ3v) is 6.89. The summed E-state index contributed by atoms with van der Waals surface area (Å²) in [6, 6.07) is 7.12. The summed E-state index contributed by atoms with van der Waals surface area (Å²) in [7, 11) is 0. The first-order chi connectivity index (χ1) is 15.3. The van der Waals surface area contributed by atoms with Crippen molar-refractivity contribution in [3.05, 3.63) is 29.3 Å². The zero-order valence-electron chi connectivity index (χ0n) is 19.3. The van der Waals surface area contributed by atoms with Crippen molar-refractivity contribution in [2.75, 3.05) is 13.3 Å². The van der Waals surface area contributed by atoms with Crippen LogP contribution in [0.1, 0.15) is 64.0 Å². The molecule has 4 rings (SSSR count). The van der Waals surface area contributed by atoms with Crippen LogP contribution in [0.5, 0.6) is 5.75 Å². The molecule has 0 spiro atoms. The summed E-state index contributed by atoms with van der Waals surface area (Å²) in [6.45, 7) is 6.66. The van der Waals surface area contributed by atoms with Gasteiger partial charge in [-0.05, 0) is 82.2 Å². The van der Waals surface area contributed by atoms with E-state index in [1.807, 2.05) is 26.8 Å². The first-order valence-electron chi connectivity index (χ1n) is 11.3. The maximum atomic E-state index is 11.9. The highest BCUT2D eigenvalue weighted by Crippen LogP contribution is 2.54. The fourth-order valence-corrected chi connectivity index (χ4v) is 5.36. The van der Waals surface area contributed by atoms with Gasteiger partial charge in [-0.1, -0.05) is 18.9 Å². The van der Waals surface area contributed by atoms with Crippen molar-refractivity contribution >= 4 is 11.9 Å². The van der Waals surface area contributed by atoms with Gasteiger partial charge in [-0.25, -0.2) is 4.79 Å². The summed E-state index contributed by atoms with van der Waals surface area (Å²) >= 11 is 0. The zero-order valence-corrected chi connectivity index (χ0v) is 19.3. The molecule has 0 radical (unpaired) electrons. The van der Waals surface area contributed by atoms with E-state index >= 15 is 0 Å². The van der Waals surface area contributed by atoms with Crippen LogP contribution in [-0.4, -0.2) is 42.6 Å². The molecular formula is C24H32F3NO5. The molecule has 1 aromatic rings. The van der Waals surface area contributed by atoms with E-state index in [1.54, 1.807) is 0 Å². The van der Waals surface area contributed by atoms with Gasteiger partial charge in [0, 0.05) is 11.5 Å². The van der Waals surface area contributed by atoms with Crippen LogP contribution >= 0.6 is 0 Å². The van der Waals surface area contributed by atoms with Gasteiger partial charge in [0.05, 0.1) is 5.41 Å². The molecule has 1 aliphatic heterocycles. The minimum Gasteiger partial charge on any atom is -0.475 e. The Labute approximate surface area is 191 Å². The van der Waals surface area contributed by atoms with E-state index in [9.17, 15) is 18.0 Å². The zero-order chi connectivity index (χ0) is 24.4. The first-order valence-corrected chi connectivity index (χ1v) is 11.3. The van der Waals surface area contributed by atoms with Crippen molar-refractivity contribution in [1.29, 1.82) is 0 Å². The van der Waals surface area contributed by atoms with Crippen molar-refractivity contribution in [2.45, 2.75) is 76.9 Å². The molecule has 2 fully saturated rings. The molecule has 184 valence electrons. The highest BCUT2D eigenvalue weighted by atomic mass is 19.4. The van der Waals surface area contributed by atoms with Crippen LogP contribution in [0.25, 0.3) is 0 Å². The first kappa shape index (κ1) is 25.3. The van der Waals surface area contributed by atoms with Gasteiger partial charge in [0.25, 0.3) is 0 Å². The summed E-state index contributed by atoms with van der Waals surface area (Å²) in [4.78, 5) is 20.8. The number of halogens is 3. The number of fused-ring (bicyclic) bond motifs is 1. The third-order valence-electron chi connectivity index (χ3n) is 6.89. The molecule has 9 heteroatoms. The number of piperidine rings is 1. The Morgan fingerprint density at radius 1 is 1.18 bits per heavy atom. The minimum atomic E-state index is -5.08. The molecule has 1 saturated heterocycles. The summed E-state index contributed by atoms with van der Waals surface area (Å²) in [5.74, 6) is -1.41. The molecule has 3 aliphatic rings. The van der Waals surface area contributed by atoms with E-state index in [2.05, 4.69) is 17.4 Å². The van der Waals surface area contributed by atoms with Gasteiger partial charge in [-0.3, -0.25) is 4.79 Å². The van der Waals surface area contributed by atoms with Crippen LogP contribution in [0.4, 0.5) is 13.2 Å². The van der Waals surface area contributed by atoms with Gasteiger partial charge in [0.2, 0.25) is 6.79 Å². The maximum absolute atomic E-state index is 11.9. The standard InChI is InChI=1S/C22H31NO3.C2HF3O2/c1-21(2,3)20(24)26-14-25-16-8-7-15-12-19-17-6-4-5-9-22(17,10-11-23-19)18(15)13-16;3-2(4,5)1(6)7/h7-8,13,17,19,23H,4-6,9-12,14H2,1-3H3;(H,6,7)/t17-,19-,22+;/m1./s1. The second kappa shape index (κ2) is 9.52. The number of carboxylic acid groups (broad SMARTS) is 1. The Kier molecular flexibility index (Phi) is 7.31. The fourth-order valence-electron chi connectivity index (χ4n) is 5.36. The lowest BCUT2D eigenvalue weighted by atomic mass is 9.53. The molecule has 2 N–H and O–H groups in total. The Morgan fingerprint density at radius 3 is 2.52 bits per heavy atom. The Hall–Kier alpha value is -2.29. The lowest BCUT2D eigenvalue weighted by molar-refractivity contribution is -0.192. The molecule has 1 heterocycles. The molecule has 3 atom stereocenters. The van der Waals surface area contributed by atoms with Crippen molar-refractivity contribution in [1.82, 2.24) is 5.32 Å². The number of hydrogen-bond donors (Lipinski definition) is 2. The van der Waals surface area contributed by atoms with E-state index in [4.69, 9.17) is 19.4 Å².